The topological polar surface area (TPSA) is 209 Å². The molecule has 4 amide bonds. The zero-order chi connectivity index (χ0) is 26.1. The first-order valence-corrected chi connectivity index (χ1v) is 11.5. The van der Waals surface area contributed by atoms with Gasteiger partial charge in [-0.15, -0.1) is 0 Å². The Hall–Kier alpha value is -3.58. The van der Waals surface area contributed by atoms with E-state index in [2.05, 4.69) is 33.6 Å². The van der Waals surface area contributed by atoms with Gasteiger partial charge in [0.25, 0.3) is 0 Å². The number of carboxylic acids is 1. The summed E-state index contributed by atoms with van der Waals surface area (Å²) in [6, 6.07) is 3.00. The first kappa shape index (κ1) is 27.7. The molecular weight excluding hydrogens is 476 g/mol. The van der Waals surface area contributed by atoms with Crippen LogP contribution in [0.5, 0.6) is 0 Å². The summed E-state index contributed by atoms with van der Waals surface area (Å²) in [5.41, 5.74) is 12.9. The molecule has 2 rings (SSSR count). The number of carbonyl (C=O) groups excluding carboxylic acids is 4. The summed E-state index contributed by atoms with van der Waals surface area (Å²) in [6.45, 7) is 1.41. The number of hydrogen-bond donors (Lipinski definition) is 8. The third-order valence-corrected chi connectivity index (χ3v) is 5.68. The van der Waals surface area contributed by atoms with Crippen molar-refractivity contribution in [3.63, 3.8) is 0 Å². The van der Waals surface area contributed by atoms with Gasteiger partial charge in [-0.05, 0) is 31.4 Å². The monoisotopic (exact) mass is 506 g/mol. The lowest BCUT2D eigenvalue weighted by Gasteiger charge is -2.23. The van der Waals surface area contributed by atoms with E-state index >= 15 is 0 Å². The van der Waals surface area contributed by atoms with Gasteiger partial charge < -0.3 is 37.5 Å². The molecule has 2 aromatic rings. The molecule has 4 atom stereocenters. The molecule has 0 aliphatic carbocycles. The van der Waals surface area contributed by atoms with Crippen LogP contribution >= 0.6 is 12.6 Å². The zero-order valence-corrected chi connectivity index (χ0v) is 20.0. The number of carbonyl (C=O) groups is 5. The van der Waals surface area contributed by atoms with Crippen molar-refractivity contribution in [1.82, 2.24) is 20.9 Å². The molecule has 0 aliphatic rings. The van der Waals surface area contributed by atoms with Gasteiger partial charge in [0, 0.05) is 29.3 Å². The Morgan fingerprint density at radius 3 is 2.31 bits per heavy atom. The Morgan fingerprint density at radius 1 is 1.03 bits per heavy atom. The highest BCUT2D eigenvalue weighted by atomic mass is 32.1. The molecule has 1 heterocycles. The second-order valence-electron chi connectivity index (χ2n) is 8.05. The molecule has 35 heavy (non-hydrogen) atoms. The van der Waals surface area contributed by atoms with Crippen molar-refractivity contribution in [2.75, 3.05) is 5.75 Å². The number of nitrogens with two attached hydrogens (primary N) is 2. The van der Waals surface area contributed by atoms with Crippen molar-refractivity contribution in [2.45, 2.75) is 50.4 Å². The number of primary amides is 1. The predicted molar refractivity (Wildman–Crippen MR) is 131 cm³/mol. The van der Waals surface area contributed by atoms with E-state index in [0.29, 0.717) is 0 Å². The number of aromatic nitrogens is 1. The molecule has 0 aliphatic heterocycles. The van der Waals surface area contributed by atoms with Crippen LogP contribution in [0, 0.1) is 0 Å². The van der Waals surface area contributed by atoms with Gasteiger partial charge in [-0.1, -0.05) is 18.2 Å². The van der Waals surface area contributed by atoms with E-state index in [-0.39, 0.29) is 25.0 Å². The highest BCUT2D eigenvalue weighted by Gasteiger charge is 2.28. The molecule has 0 radical (unpaired) electrons. The first-order chi connectivity index (χ1) is 16.5. The Kier molecular flexibility index (Phi) is 10.1. The number of amides is 4. The lowest BCUT2D eigenvalue weighted by Crippen LogP contribution is -2.56. The highest BCUT2D eigenvalue weighted by Crippen LogP contribution is 2.18. The molecule has 0 spiro atoms. The first-order valence-electron chi connectivity index (χ1n) is 10.9. The molecule has 0 saturated heterocycles. The number of carboxylic acid groups (broad SMARTS) is 1. The molecule has 12 nitrogen and oxygen atoms in total. The van der Waals surface area contributed by atoms with Crippen molar-refractivity contribution in [1.29, 1.82) is 0 Å². The van der Waals surface area contributed by atoms with Crippen molar-refractivity contribution >= 4 is 53.1 Å². The van der Waals surface area contributed by atoms with E-state index in [9.17, 15) is 24.0 Å². The quantitative estimate of drug-likeness (QED) is 0.155. The molecule has 0 saturated carbocycles. The number of aromatic amines is 1. The van der Waals surface area contributed by atoms with Gasteiger partial charge in [-0.25, -0.2) is 4.79 Å². The average Bonchev–Trinajstić information content (AvgIpc) is 3.22. The summed E-state index contributed by atoms with van der Waals surface area (Å²) in [5.74, 6) is -4.31. The molecule has 190 valence electrons. The zero-order valence-electron chi connectivity index (χ0n) is 19.1. The van der Waals surface area contributed by atoms with Crippen LogP contribution < -0.4 is 27.4 Å². The van der Waals surface area contributed by atoms with Gasteiger partial charge in [0.2, 0.25) is 23.6 Å². The number of fused-ring (bicyclic) bond motifs is 1. The fourth-order valence-corrected chi connectivity index (χ4v) is 3.57. The van der Waals surface area contributed by atoms with Gasteiger partial charge in [0.05, 0.1) is 6.04 Å². The molecule has 9 N–H and O–H groups in total. The Balaban J connectivity index is 1.99. The van der Waals surface area contributed by atoms with Crippen LogP contribution in [-0.4, -0.2) is 69.6 Å². The maximum Gasteiger partial charge on any atom is 0.327 e. The van der Waals surface area contributed by atoms with Gasteiger partial charge >= 0.3 is 5.97 Å². The minimum Gasteiger partial charge on any atom is -0.480 e. The Labute approximate surface area is 207 Å². The smallest absolute Gasteiger partial charge is 0.327 e. The third-order valence-electron chi connectivity index (χ3n) is 5.31. The van der Waals surface area contributed by atoms with Crippen molar-refractivity contribution < 1.29 is 29.1 Å². The summed E-state index contributed by atoms with van der Waals surface area (Å²) in [6.07, 6.45) is 1.61. The van der Waals surface area contributed by atoms with E-state index in [1.807, 2.05) is 24.3 Å². The molecule has 1 aromatic carbocycles. The summed E-state index contributed by atoms with van der Waals surface area (Å²) < 4.78 is 0. The Bertz CT molecular complexity index is 1090. The van der Waals surface area contributed by atoms with Crippen LogP contribution in [0.3, 0.4) is 0 Å². The van der Waals surface area contributed by atoms with Crippen LogP contribution in [0.1, 0.15) is 25.3 Å². The van der Waals surface area contributed by atoms with E-state index < -0.39 is 53.8 Å². The summed E-state index contributed by atoms with van der Waals surface area (Å²) in [5, 5.41) is 17.2. The number of hydrogen-bond acceptors (Lipinski definition) is 7. The van der Waals surface area contributed by atoms with Crippen LogP contribution in [-0.2, 0) is 30.4 Å². The number of benzene rings is 1. The molecular formula is C22H30N6O6S. The maximum atomic E-state index is 12.6. The van der Waals surface area contributed by atoms with Gasteiger partial charge in [-0.3, -0.25) is 19.2 Å². The van der Waals surface area contributed by atoms with Crippen LogP contribution in [0.15, 0.2) is 30.5 Å². The van der Waals surface area contributed by atoms with Crippen LogP contribution in [0.2, 0.25) is 0 Å². The van der Waals surface area contributed by atoms with Gasteiger partial charge in [-0.2, -0.15) is 12.6 Å². The standard InChI is InChI=1S/C22H30N6O6S/c1-11(26-20(31)14(23)8-12-9-25-15-5-3-2-4-13(12)15)19(30)27-16(6-7-18(24)29)21(32)28-17(10-35)22(33)34/h2-5,9,11,14,16-17,25,35H,6-8,10,23H2,1H3,(H2,24,29)(H,26,31)(H,27,30)(H,28,32)(H,33,34). The molecule has 1 aromatic heterocycles. The van der Waals surface area contributed by atoms with Crippen LogP contribution in [0.25, 0.3) is 10.9 Å². The Morgan fingerprint density at radius 2 is 1.69 bits per heavy atom. The lowest BCUT2D eigenvalue weighted by atomic mass is 10.0. The highest BCUT2D eigenvalue weighted by molar-refractivity contribution is 7.80. The molecule has 0 bridgehead atoms. The minimum atomic E-state index is -1.31. The second-order valence-corrected chi connectivity index (χ2v) is 8.41. The normalized spacial score (nSPS) is 14.4. The second kappa shape index (κ2) is 12.8. The fraction of sp³-hybridized carbons (Fsp3) is 0.409. The molecule has 4 unspecified atom stereocenters. The number of rotatable bonds is 13. The van der Waals surface area contributed by atoms with E-state index in [0.717, 1.165) is 16.5 Å². The largest absolute Gasteiger partial charge is 0.480 e. The average molecular weight is 507 g/mol. The molecule has 0 fully saturated rings. The SMILES string of the molecule is CC(NC(=O)C(N)Cc1c[nH]c2ccccc12)C(=O)NC(CCC(N)=O)C(=O)NC(CS)C(=O)O. The van der Waals surface area contributed by atoms with Gasteiger partial charge in [0.15, 0.2) is 0 Å². The summed E-state index contributed by atoms with van der Waals surface area (Å²) >= 11 is 3.87. The van der Waals surface area contributed by atoms with E-state index in [1.165, 1.54) is 6.92 Å². The maximum absolute atomic E-state index is 12.6. The lowest BCUT2D eigenvalue weighted by molar-refractivity contribution is -0.141. The number of thiol groups is 1. The predicted octanol–water partition coefficient (Wildman–Crippen LogP) is -1.21. The van der Waals surface area contributed by atoms with Crippen molar-refractivity contribution in [2.24, 2.45) is 11.5 Å². The summed E-state index contributed by atoms with van der Waals surface area (Å²) in [4.78, 5) is 63.2. The third kappa shape index (κ3) is 8.00. The van der Waals surface area contributed by atoms with E-state index in [4.69, 9.17) is 16.6 Å². The number of aliphatic carboxylic acids is 1. The number of H-pyrrole nitrogens is 1. The minimum absolute atomic E-state index is 0.160. The van der Waals surface area contributed by atoms with E-state index in [1.54, 1.807) is 6.20 Å². The number of para-hydroxylation sites is 1. The molecule has 13 heteroatoms. The van der Waals surface area contributed by atoms with Crippen molar-refractivity contribution in [3.05, 3.63) is 36.0 Å². The summed E-state index contributed by atoms with van der Waals surface area (Å²) in [7, 11) is 0. The van der Waals surface area contributed by atoms with Gasteiger partial charge in [0.1, 0.15) is 18.1 Å². The number of nitrogens with one attached hydrogen (secondary N) is 4. The fourth-order valence-electron chi connectivity index (χ4n) is 3.33. The van der Waals surface area contributed by atoms with Crippen molar-refractivity contribution in [3.8, 4) is 0 Å². The van der Waals surface area contributed by atoms with Crippen LogP contribution in [0.4, 0.5) is 0 Å².